The fourth-order valence-electron chi connectivity index (χ4n) is 3.89. The molecule has 0 aromatic heterocycles. The van der Waals surface area contributed by atoms with E-state index in [1.165, 1.54) is 12.7 Å². The summed E-state index contributed by atoms with van der Waals surface area (Å²) >= 11 is 6.23. The summed E-state index contributed by atoms with van der Waals surface area (Å²) in [5, 5.41) is 17.1. The topological polar surface area (TPSA) is 79.8 Å². The van der Waals surface area contributed by atoms with E-state index in [9.17, 15) is 9.90 Å². The van der Waals surface area contributed by atoms with E-state index in [1.807, 2.05) is 13.0 Å². The zero-order valence-electron chi connectivity index (χ0n) is 18.1. The Morgan fingerprint density at radius 3 is 2.81 bits per heavy atom. The summed E-state index contributed by atoms with van der Waals surface area (Å²) in [7, 11) is 1.43. The molecule has 7 heteroatoms. The molecule has 1 saturated heterocycles. The maximum atomic E-state index is 12.8. The van der Waals surface area contributed by atoms with E-state index in [-0.39, 0.29) is 29.2 Å². The van der Waals surface area contributed by atoms with Crippen molar-refractivity contribution < 1.29 is 19.4 Å². The van der Waals surface area contributed by atoms with Gasteiger partial charge >= 0.3 is 0 Å². The van der Waals surface area contributed by atoms with E-state index < -0.39 is 5.91 Å². The van der Waals surface area contributed by atoms with Crippen molar-refractivity contribution in [3.8, 4) is 11.5 Å². The lowest BCUT2D eigenvalue weighted by atomic mass is 10.0. The fraction of sp³-hybridized carbons (Fsp3) is 0.458. The molecule has 1 fully saturated rings. The number of ether oxygens (including phenoxy) is 2. The Kier molecular flexibility index (Phi) is 8.58. The molecule has 2 aromatic carbocycles. The van der Waals surface area contributed by atoms with E-state index in [0.29, 0.717) is 30.2 Å². The summed E-state index contributed by atoms with van der Waals surface area (Å²) in [5.74, 6) is -0.297. The highest BCUT2D eigenvalue weighted by Crippen LogP contribution is 2.38. The van der Waals surface area contributed by atoms with E-state index in [2.05, 4.69) is 34.9 Å². The minimum Gasteiger partial charge on any atom is -0.507 e. The lowest BCUT2D eigenvalue weighted by Gasteiger charge is -2.17. The molecule has 2 atom stereocenters. The van der Waals surface area contributed by atoms with Gasteiger partial charge in [-0.05, 0) is 42.9 Å². The number of rotatable bonds is 10. The Hall–Kier alpha value is -2.28. The molecule has 1 aliphatic rings. The highest BCUT2D eigenvalue weighted by Gasteiger charge is 2.27. The Balaban J connectivity index is 1.46. The number of hydrogen-bond donors (Lipinski definition) is 3. The van der Waals surface area contributed by atoms with Gasteiger partial charge in [0.2, 0.25) is 0 Å². The predicted octanol–water partition coefficient (Wildman–Crippen LogP) is 3.73. The molecule has 6 nitrogen and oxygen atoms in total. The van der Waals surface area contributed by atoms with Crippen LogP contribution in [0.1, 0.15) is 41.3 Å². The molecule has 3 rings (SSSR count). The van der Waals surface area contributed by atoms with Crippen molar-refractivity contribution in [3.63, 3.8) is 0 Å². The third kappa shape index (κ3) is 6.12. The van der Waals surface area contributed by atoms with Crippen LogP contribution in [0.15, 0.2) is 36.4 Å². The van der Waals surface area contributed by atoms with Gasteiger partial charge in [0.1, 0.15) is 11.3 Å². The van der Waals surface area contributed by atoms with Gasteiger partial charge in [-0.3, -0.25) is 4.79 Å². The number of carbonyl (C=O) groups is 1. The largest absolute Gasteiger partial charge is 0.507 e. The second kappa shape index (κ2) is 11.4. The number of carbonyl (C=O) groups excluding carboxylic acids is 1. The van der Waals surface area contributed by atoms with Gasteiger partial charge in [0.15, 0.2) is 5.75 Å². The van der Waals surface area contributed by atoms with E-state index in [4.69, 9.17) is 21.1 Å². The van der Waals surface area contributed by atoms with Crippen molar-refractivity contribution in [1.82, 2.24) is 10.6 Å². The van der Waals surface area contributed by atoms with Crippen LogP contribution >= 0.6 is 11.6 Å². The van der Waals surface area contributed by atoms with Gasteiger partial charge in [-0.25, -0.2) is 0 Å². The average molecular weight is 447 g/mol. The first kappa shape index (κ1) is 23.4. The molecule has 0 bridgehead atoms. The maximum absolute atomic E-state index is 12.8. The van der Waals surface area contributed by atoms with Crippen LogP contribution in [0.4, 0.5) is 0 Å². The number of halogens is 1. The van der Waals surface area contributed by atoms with Crippen molar-refractivity contribution in [1.29, 1.82) is 0 Å². The van der Waals surface area contributed by atoms with Crippen molar-refractivity contribution in [2.75, 3.05) is 26.8 Å². The minimum atomic E-state index is -0.402. The third-order valence-electron chi connectivity index (χ3n) is 5.59. The van der Waals surface area contributed by atoms with Crippen molar-refractivity contribution >= 4 is 17.5 Å². The number of aromatic hydroxyl groups is 1. The number of phenolic OH excluding ortho intramolecular Hbond substituents is 1. The molecule has 0 unspecified atom stereocenters. The molecule has 168 valence electrons. The van der Waals surface area contributed by atoms with Crippen LogP contribution in [0.3, 0.4) is 0 Å². The van der Waals surface area contributed by atoms with E-state index >= 15 is 0 Å². The molecular formula is C24H31ClN2O4. The molecule has 0 aliphatic carbocycles. The average Bonchev–Trinajstić information content (AvgIpc) is 3.24. The number of nitrogens with one attached hydrogen (secondary N) is 2. The monoisotopic (exact) mass is 446 g/mol. The van der Waals surface area contributed by atoms with Crippen LogP contribution < -0.4 is 15.4 Å². The number of methoxy groups -OCH3 is 1. The Morgan fingerprint density at radius 1 is 1.32 bits per heavy atom. The molecule has 1 aliphatic heterocycles. The number of benzene rings is 2. The molecule has 0 spiro atoms. The van der Waals surface area contributed by atoms with Crippen LogP contribution in [-0.4, -0.2) is 50.0 Å². The van der Waals surface area contributed by atoms with E-state index in [0.717, 1.165) is 25.8 Å². The van der Waals surface area contributed by atoms with Gasteiger partial charge in [0, 0.05) is 25.7 Å². The summed E-state index contributed by atoms with van der Waals surface area (Å²) in [6.07, 6.45) is 3.51. The van der Waals surface area contributed by atoms with Gasteiger partial charge < -0.3 is 25.2 Å². The first-order valence-corrected chi connectivity index (χ1v) is 11.2. The maximum Gasteiger partial charge on any atom is 0.258 e. The molecule has 2 aromatic rings. The second-order valence-corrected chi connectivity index (χ2v) is 8.17. The summed E-state index contributed by atoms with van der Waals surface area (Å²) in [6, 6.07) is 12.1. The summed E-state index contributed by atoms with van der Waals surface area (Å²) in [4.78, 5) is 12.8. The van der Waals surface area contributed by atoms with Gasteiger partial charge in [0.05, 0.1) is 18.2 Å². The lowest BCUT2D eigenvalue weighted by Crippen LogP contribution is -2.37. The normalized spacial score (nSPS) is 18.2. The molecular weight excluding hydrogens is 416 g/mol. The van der Waals surface area contributed by atoms with Crippen molar-refractivity contribution in [2.45, 2.75) is 44.8 Å². The standard InChI is InChI=1S/C24H31ClN2O4/c1-3-17-12-20(25)23(30-2)21(22(17)28)24(29)27-14-18-13-19(15-26-18)31-11-7-10-16-8-5-4-6-9-16/h4-6,8-9,12,18-19,26,28H,3,7,10-11,13-15H2,1-2H3,(H,27,29)/t18-,19+/m0/s1. The Bertz CT molecular complexity index is 876. The Morgan fingerprint density at radius 2 is 2.10 bits per heavy atom. The van der Waals surface area contributed by atoms with Crippen molar-refractivity contribution in [3.05, 3.63) is 58.1 Å². The van der Waals surface area contributed by atoms with Crippen LogP contribution in [0.5, 0.6) is 11.5 Å². The summed E-state index contributed by atoms with van der Waals surface area (Å²) in [5.41, 5.74) is 2.01. The number of aryl methyl sites for hydroxylation is 2. The molecule has 0 saturated carbocycles. The summed E-state index contributed by atoms with van der Waals surface area (Å²) < 4.78 is 11.3. The SMILES string of the molecule is CCc1cc(Cl)c(OC)c(C(=O)NC[C@@H]2C[C@@H](OCCCc3ccccc3)CN2)c1O. The number of hydrogen-bond acceptors (Lipinski definition) is 5. The predicted molar refractivity (Wildman–Crippen MR) is 122 cm³/mol. The van der Waals surface area contributed by atoms with Crippen molar-refractivity contribution in [2.24, 2.45) is 0 Å². The van der Waals surface area contributed by atoms with E-state index in [1.54, 1.807) is 6.07 Å². The fourth-order valence-corrected chi connectivity index (χ4v) is 4.20. The molecule has 1 amide bonds. The minimum absolute atomic E-state index is 0.0820. The molecule has 3 N–H and O–H groups in total. The first-order valence-electron chi connectivity index (χ1n) is 10.8. The third-order valence-corrected chi connectivity index (χ3v) is 5.88. The van der Waals surface area contributed by atoms with Crippen LogP contribution in [0.2, 0.25) is 5.02 Å². The smallest absolute Gasteiger partial charge is 0.258 e. The highest BCUT2D eigenvalue weighted by atomic mass is 35.5. The Labute approximate surface area is 188 Å². The highest BCUT2D eigenvalue weighted by molar-refractivity contribution is 6.33. The molecule has 31 heavy (non-hydrogen) atoms. The number of amides is 1. The van der Waals surface area contributed by atoms with Crippen LogP contribution in [0.25, 0.3) is 0 Å². The van der Waals surface area contributed by atoms with Gasteiger partial charge in [-0.1, -0.05) is 48.9 Å². The van der Waals surface area contributed by atoms with Gasteiger partial charge in [-0.15, -0.1) is 0 Å². The quantitative estimate of drug-likeness (QED) is 0.484. The van der Waals surface area contributed by atoms with Crippen LogP contribution in [-0.2, 0) is 17.6 Å². The number of phenols is 1. The second-order valence-electron chi connectivity index (χ2n) is 7.76. The summed E-state index contributed by atoms with van der Waals surface area (Å²) in [6.45, 7) is 3.80. The zero-order valence-corrected chi connectivity index (χ0v) is 18.9. The molecule has 1 heterocycles. The van der Waals surface area contributed by atoms with Crippen LogP contribution in [0, 0.1) is 0 Å². The molecule has 0 radical (unpaired) electrons. The first-order chi connectivity index (χ1) is 15.0. The van der Waals surface area contributed by atoms with Gasteiger partial charge in [-0.2, -0.15) is 0 Å². The zero-order chi connectivity index (χ0) is 22.2. The van der Waals surface area contributed by atoms with Gasteiger partial charge in [0.25, 0.3) is 5.91 Å². The lowest BCUT2D eigenvalue weighted by molar-refractivity contribution is 0.0636.